The first-order valence-electron chi connectivity index (χ1n) is 8.37. The molecular formula is C20H21BrN2O5. The summed E-state index contributed by atoms with van der Waals surface area (Å²) in [6.07, 6.45) is 1.24. The maximum Gasteiger partial charge on any atom is 0.412 e. The number of nitrogens with one attached hydrogen (secondary N) is 2. The van der Waals surface area contributed by atoms with Crippen molar-refractivity contribution in [2.24, 2.45) is 5.41 Å². The van der Waals surface area contributed by atoms with E-state index in [9.17, 15) is 14.7 Å². The van der Waals surface area contributed by atoms with Crippen LogP contribution < -0.4 is 10.8 Å². The minimum absolute atomic E-state index is 0.0785. The number of halogens is 1. The molecule has 0 radical (unpaired) electrons. The van der Waals surface area contributed by atoms with Gasteiger partial charge in [0.1, 0.15) is 11.9 Å². The Hall–Kier alpha value is -2.84. The molecule has 0 aliphatic rings. The molecule has 8 heteroatoms. The first-order chi connectivity index (χ1) is 13.2. The Morgan fingerprint density at radius 1 is 1.11 bits per heavy atom. The number of hydroxylamine groups is 1. The van der Waals surface area contributed by atoms with Gasteiger partial charge in [0.05, 0.1) is 0 Å². The second kappa shape index (κ2) is 9.38. The van der Waals surface area contributed by atoms with Gasteiger partial charge in [0.15, 0.2) is 0 Å². The first-order valence-corrected chi connectivity index (χ1v) is 9.16. The molecule has 0 bridgehead atoms. The number of anilines is 1. The zero-order valence-corrected chi connectivity index (χ0v) is 16.9. The summed E-state index contributed by atoms with van der Waals surface area (Å²) in [7, 11) is 0. The van der Waals surface area contributed by atoms with Crippen LogP contribution in [-0.2, 0) is 9.53 Å². The van der Waals surface area contributed by atoms with E-state index < -0.39 is 23.5 Å². The molecule has 0 aliphatic heterocycles. The Labute approximate surface area is 171 Å². The highest BCUT2D eigenvalue weighted by Gasteiger charge is 2.32. The summed E-state index contributed by atoms with van der Waals surface area (Å²) in [5, 5.41) is 20.9. The predicted molar refractivity (Wildman–Crippen MR) is 108 cm³/mol. The van der Waals surface area contributed by atoms with Crippen LogP contribution >= 0.6 is 15.9 Å². The Bertz CT molecular complexity index is 848. The highest BCUT2D eigenvalue weighted by atomic mass is 79.9. The highest BCUT2D eigenvalue weighted by molar-refractivity contribution is 9.10. The van der Waals surface area contributed by atoms with E-state index >= 15 is 0 Å². The third-order valence-corrected chi connectivity index (χ3v) is 4.49. The van der Waals surface area contributed by atoms with Crippen LogP contribution in [0.5, 0.6) is 5.75 Å². The largest absolute Gasteiger partial charge is 0.508 e. The van der Waals surface area contributed by atoms with Crippen LogP contribution in [0.3, 0.4) is 0 Å². The Morgan fingerprint density at radius 2 is 1.71 bits per heavy atom. The lowest BCUT2D eigenvalue weighted by atomic mass is 9.82. The molecule has 0 unspecified atom stereocenters. The van der Waals surface area contributed by atoms with Gasteiger partial charge in [-0.2, -0.15) is 0 Å². The van der Waals surface area contributed by atoms with Gasteiger partial charge in [0, 0.05) is 21.7 Å². The minimum atomic E-state index is -0.805. The lowest BCUT2D eigenvalue weighted by molar-refractivity contribution is -0.124. The Kier molecular flexibility index (Phi) is 7.19. The number of hydrogen-bond acceptors (Lipinski definition) is 5. The Balaban J connectivity index is 2.25. The van der Waals surface area contributed by atoms with Crippen molar-refractivity contribution in [2.45, 2.75) is 20.0 Å². The van der Waals surface area contributed by atoms with Crippen molar-refractivity contribution in [1.82, 2.24) is 5.48 Å². The van der Waals surface area contributed by atoms with E-state index in [2.05, 4.69) is 21.2 Å². The van der Waals surface area contributed by atoms with Gasteiger partial charge >= 0.3 is 6.09 Å². The number of benzene rings is 2. The summed E-state index contributed by atoms with van der Waals surface area (Å²) in [6.45, 7) is 3.55. The van der Waals surface area contributed by atoms with Crippen molar-refractivity contribution in [3.8, 4) is 5.75 Å². The molecule has 2 aromatic carbocycles. The molecule has 0 saturated heterocycles. The summed E-state index contributed by atoms with van der Waals surface area (Å²) in [4.78, 5) is 23.8. The normalized spacial score (nSPS) is 12.4. The van der Waals surface area contributed by atoms with Crippen LogP contribution in [0.2, 0.25) is 0 Å². The SMILES string of the molecule is CC(C)(/C=C/C(=O)NO)[C@@H](OC(=O)Nc1ccc(Br)cc1)c1ccc(O)cc1. The van der Waals surface area contributed by atoms with Crippen molar-refractivity contribution in [1.29, 1.82) is 0 Å². The van der Waals surface area contributed by atoms with Crippen molar-refractivity contribution >= 4 is 33.6 Å². The molecule has 2 rings (SSSR count). The van der Waals surface area contributed by atoms with Gasteiger partial charge in [0.25, 0.3) is 5.91 Å². The third kappa shape index (κ3) is 6.11. The number of phenols is 1. The predicted octanol–water partition coefficient (Wildman–Crippen LogP) is 4.53. The molecule has 0 aliphatic carbocycles. The van der Waals surface area contributed by atoms with Crippen LogP contribution in [0.4, 0.5) is 10.5 Å². The van der Waals surface area contributed by atoms with Crippen LogP contribution in [-0.4, -0.2) is 22.3 Å². The van der Waals surface area contributed by atoms with Gasteiger partial charge in [0.2, 0.25) is 0 Å². The van der Waals surface area contributed by atoms with E-state index in [1.54, 1.807) is 50.2 Å². The van der Waals surface area contributed by atoms with Crippen LogP contribution in [0.1, 0.15) is 25.5 Å². The van der Waals surface area contributed by atoms with E-state index in [1.165, 1.54) is 23.7 Å². The summed E-state index contributed by atoms with van der Waals surface area (Å²) in [6, 6.07) is 13.2. The lowest BCUT2D eigenvalue weighted by Gasteiger charge is -2.31. The lowest BCUT2D eigenvalue weighted by Crippen LogP contribution is -2.28. The maximum atomic E-state index is 12.5. The van der Waals surface area contributed by atoms with Crippen LogP contribution in [0.15, 0.2) is 65.2 Å². The summed E-state index contributed by atoms with van der Waals surface area (Å²) in [5.41, 5.74) is 1.90. The molecular weight excluding hydrogens is 428 g/mol. The number of ether oxygens (including phenoxy) is 1. The number of amides is 2. The standard InChI is InChI=1S/C20H21BrN2O5/c1-20(2,12-11-17(25)23-27)18(13-3-9-16(24)10-4-13)28-19(26)22-15-7-5-14(21)6-8-15/h3-12,18,24,27H,1-2H3,(H,22,26)(H,23,25)/b12-11+/t18-/m0/s1. The topological polar surface area (TPSA) is 108 Å². The van der Waals surface area contributed by atoms with Gasteiger partial charge in [-0.25, -0.2) is 10.3 Å². The van der Waals surface area contributed by atoms with E-state index in [0.717, 1.165) is 10.5 Å². The van der Waals surface area contributed by atoms with Gasteiger partial charge in [-0.1, -0.05) is 48.0 Å². The molecule has 0 saturated carbocycles. The minimum Gasteiger partial charge on any atom is -0.508 e. The van der Waals surface area contributed by atoms with Gasteiger partial charge < -0.3 is 9.84 Å². The molecule has 0 aromatic heterocycles. The van der Waals surface area contributed by atoms with Gasteiger partial charge in [-0.05, 0) is 42.0 Å². The monoisotopic (exact) mass is 448 g/mol. The quantitative estimate of drug-likeness (QED) is 0.295. The van der Waals surface area contributed by atoms with Gasteiger partial charge in [-0.3, -0.25) is 15.3 Å². The van der Waals surface area contributed by atoms with Gasteiger partial charge in [-0.15, -0.1) is 0 Å². The number of carbonyl (C=O) groups excluding carboxylic acids is 2. The smallest absolute Gasteiger partial charge is 0.412 e. The molecule has 1 atom stereocenters. The molecule has 0 spiro atoms. The van der Waals surface area contributed by atoms with E-state index in [4.69, 9.17) is 9.94 Å². The second-order valence-electron chi connectivity index (χ2n) is 6.64. The van der Waals surface area contributed by atoms with E-state index in [1.807, 2.05) is 0 Å². The number of aromatic hydroxyl groups is 1. The summed E-state index contributed by atoms with van der Waals surface area (Å²) >= 11 is 3.33. The van der Waals surface area contributed by atoms with E-state index in [0.29, 0.717) is 11.3 Å². The second-order valence-corrected chi connectivity index (χ2v) is 7.56. The zero-order valence-electron chi connectivity index (χ0n) is 15.3. The summed E-state index contributed by atoms with van der Waals surface area (Å²) in [5.74, 6) is -0.619. The molecule has 148 valence electrons. The fraction of sp³-hybridized carbons (Fsp3) is 0.200. The molecule has 0 fully saturated rings. The van der Waals surface area contributed by atoms with Crippen molar-refractivity contribution in [3.05, 3.63) is 70.7 Å². The third-order valence-electron chi connectivity index (χ3n) is 3.96. The number of carbonyl (C=O) groups is 2. The molecule has 7 nitrogen and oxygen atoms in total. The fourth-order valence-corrected chi connectivity index (χ4v) is 2.77. The number of phenolic OH excluding ortho intramolecular Hbond substituents is 1. The fourth-order valence-electron chi connectivity index (χ4n) is 2.50. The molecule has 2 amide bonds. The van der Waals surface area contributed by atoms with Crippen molar-refractivity contribution < 1.29 is 24.6 Å². The first kappa shape index (κ1) is 21.5. The number of hydrogen-bond donors (Lipinski definition) is 4. The maximum absolute atomic E-state index is 12.5. The van der Waals surface area contributed by atoms with E-state index in [-0.39, 0.29) is 5.75 Å². The van der Waals surface area contributed by atoms with Crippen LogP contribution in [0, 0.1) is 5.41 Å². The Morgan fingerprint density at radius 3 is 2.29 bits per heavy atom. The summed E-state index contributed by atoms with van der Waals surface area (Å²) < 4.78 is 6.53. The molecule has 4 N–H and O–H groups in total. The molecule has 2 aromatic rings. The molecule has 28 heavy (non-hydrogen) atoms. The zero-order chi connectivity index (χ0) is 20.7. The average molecular weight is 449 g/mol. The average Bonchev–Trinajstić information content (AvgIpc) is 2.67. The van der Waals surface area contributed by atoms with Crippen molar-refractivity contribution in [3.63, 3.8) is 0 Å². The number of rotatable bonds is 6. The van der Waals surface area contributed by atoms with Crippen molar-refractivity contribution in [2.75, 3.05) is 5.32 Å². The highest BCUT2D eigenvalue weighted by Crippen LogP contribution is 2.38. The molecule has 0 heterocycles. The van der Waals surface area contributed by atoms with Crippen LogP contribution in [0.25, 0.3) is 0 Å².